The van der Waals surface area contributed by atoms with Gasteiger partial charge in [0.1, 0.15) is 0 Å². The van der Waals surface area contributed by atoms with E-state index in [9.17, 15) is 4.79 Å². The van der Waals surface area contributed by atoms with Gasteiger partial charge in [-0.3, -0.25) is 4.79 Å². The summed E-state index contributed by atoms with van der Waals surface area (Å²) in [6.07, 6.45) is 2.20. The van der Waals surface area contributed by atoms with Crippen molar-refractivity contribution < 1.29 is 9.53 Å². The van der Waals surface area contributed by atoms with E-state index in [1.165, 1.54) is 5.56 Å². The van der Waals surface area contributed by atoms with Crippen molar-refractivity contribution in [1.29, 1.82) is 0 Å². The van der Waals surface area contributed by atoms with Crippen LogP contribution in [0.3, 0.4) is 0 Å². The van der Waals surface area contributed by atoms with Gasteiger partial charge in [-0.05, 0) is 30.9 Å². The molecule has 4 heteroatoms. The molecule has 1 atom stereocenters. The Morgan fingerprint density at radius 3 is 3.11 bits per heavy atom. The van der Waals surface area contributed by atoms with Gasteiger partial charge in [-0.25, -0.2) is 0 Å². The average molecular weight is 265 g/mol. The third-order valence-electron chi connectivity index (χ3n) is 3.01. The van der Waals surface area contributed by atoms with Crippen LogP contribution in [0.15, 0.2) is 24.3 Å². The number of rotatable bonds is 3. The number of hydrogen-bond donors (Lipinski definition) is 0. The molecule has 1 unspecified atom stereocenters. The number of carbonyl (C=O) groups is 1. The van der Waals surface area contributed by atoms with E-state index in [0.29, 0.717) is 19.7 Å². The molecule has 98 valence electrons. The molecular weight excluding hydrogens is 246 g/mol. The van der Waals surface area contributed by atoms with Gasteiger partial charge in [0.2, 0.25) is 0 Å². The van der Waals surface area contributed by atoms with E-state index < -0.39 is 0 Å². The molecular formula is C14H19NO2S. The zero-order valence-electron chi connectivity index (χ0n) is 10.9. The van der Waals surface area contributed by atoms with Crippen LogP contribution in [-0.2, 0) is 10.5 Å². The predicted molar refractivity (Wildman–Crippen MR) is 75.0 cm³/mol. The van der Waals surface area contributed by atoms with Crippen LogP contribution in [0.5, 0.6) is 0 Å². The molecule has 1 aromatic rings. The highest BCUT2D eigenvalue weighted by Gasteiger charge is 2.22. The molecule has 0 N–H and O–H groups in total. The summed E-state index contributed by atoms with van der Waals surface area (Å²) in [4.78, 5) is 14.2. The second-order valence-electron chi connectivity index (χ2n) is 4.57. The Kier molecular flexibility index (Phi) is 4.66. The van der Waals surface area contributed by atoms with E-state index in [1.54, 1.807) is 11.8 Å². The summed E-state index contributed by atoms with van der Waals surface area (Å²) < 4.78 is 5.46. The van der Waals surface area contributed by atoms with Gasteiger partial charge in [0.25, 0.3) is 5.91 Å². The maximum absolute atomic E-state index is 12.4. The Morgan fingerprint density at radius 1 is 1.56 bits per heavy atom. The Morgan fingerprint density at radius 2 is 2.39 bits per heavy atom. The standard InChI is InChI=1S/C14H19NO2S/c1-11-9-15(6-7-17-11)14(16)13-5-3-4-12(8-13)10-18-2/h3-5,8,11H,6-7,9-10H2,1-2H3. The fourth-order valence-electron chi connectivity index (χ4n) is 2.15. The summed E-state index contributed by atoms with van der Waals surface area (Å²) in [5.74, 6) is 1.06. The van der Waals surface area contributed by atoms with Gasteiger partial charge >= 0.3 is 0 Å². The minimum absolute atomic E-state index is 0.119. The molecule has 0 bridgehead atoms. The smallest absolute Gasteiger partial charge is 0.254 e. The first-order valence-corrected chi connectivity index (χ1v) is 7.59. The first-order valence-electron chi connectivity index (χ1n) is 6.19. The van der Waals surface area contributed by atoms with Crippen molar-refractivity contribution in [3.63, 3.8) is 0 Å². The lowest BCUT2D eigenvalue weighted by atomic mass is 10.1. The molecule has 3 nitrogen and oxygen atoms in total. The summed E-state index contributed by atoms with van der Waals surface area (Å²) in [5.41, 5.74) is 1.99. The van der Waals surface area contributed by atoms with E-state index >= 15 is 0 Å². The second-order valence-corrected chi connectivity index (χ2v) is 5.43. The molecule has 1 amide bonds. The van der Waals surface area contributed by atoms with E-state index in [1.807, 2.05) is 30.0 Å². The fraction of sp³-hybridized carbons (Fsp3) is 0.500. The van der Waals surface area contributed by atoms with Gasteiger partial charge in [-0.1, -0.05) is 12.1 Å². The summed E-state index contributed by atoms with van der Waals surface area (Å²) in [7, 11) is 0. The van der Waals surface area contributed by atoms with Crippen molar-refractivity contribution in [2.75, 3.05) is 26.0 Å². The third-order valence-corrected chi connectivity index (χ3v) is 3.64. The maximum Gasteiger partial charge on any atom is 0.254 e. The van der Waals surface area contributed by atoms with Crippen LogP contribution < -0.4 is 0 Å². The number of ether oxygens (including phenoxy) is 1. The largest absolute Gasteiger partial charge is 0.375 e. The highest BCUT2D eigenvalue weighted by molar-refractivity contribution is 7.97. The number of nitrogens with zero attached hydrogens (tertiary/aromatic N) is 1. The number of carbonyl (C=O) groups excluding carboxylic acids is 1. The number of amides is 1. The number of morpholine rings is 1. The van der Waals surface area contributed by atoms with Crippen LogP contribution >= 0.6 is 11.8 Å². The third kappa shape index (κ3) is 3.27. The second kappa shape index (κ2) is 6.25. The van der Waals surface area contributed by atoms with Gasteiger partial charge in [0.15, 0.2) is 0 Å². The van der Waals surface area contributed by atoms with Crippen molar-refractivity contribution in [1.82, 2.24) is 4.90 Å². The summed E-state index contributed by atoms with van der Waals surface area (Å²) in [5, 5.41) is 0. The molecule has 0 radical (unpaired) electrons. The van der Waals surface area contributed by atoms with Gasteiger partial charge in [-0.15, -0.1) is 0 Å². The van der Waals surface area contributed by atoms with E-state index in [4.69, 9.17) is 4.74 Å². The topological polar surface area (TPSA) is 29.5 Å². The Balaban J connectivity index is 2.10. The normalized spacial score (nSPS) is 19.9. The van der Waals surface area contributed by atoms with Crippen LogP contribution in [-0.4, -0.2) is 42.9 Å². The molecule has 1 aromatic carbocycles. The number of hydrogen-bond acceptors (Lipinski definition) is 3. The molecule has 0 saturated carbocycles. The van der Waals surface area contributed by atoms with Crippen LogP contribution in [0.2, 0.25) is 0 Å². The molecule has 0 aromatic heterocycles. The molecule has 1 heterocycles. The molecule has 1 aliphatic rings. The van der Waals surface area contributed by atoms with Crippen molar-refractivity contribution in [3.05, 3.63) is 35.4 Å². The monoisotopic (exact) mass is 265 g/mol. The summed E-state index contributed by atoms with van der Waals surface area (Å²) >= 11 is 1.77. The lowest BCUT2D eigenvalue weighted by molar-refractivity contribution is -0.0124. The highest BCUT2D eigenvalue weighted by atomic mass is 32.2. The lowest BCUT2D eigenvalue weighted by Crippen LogP contribution is -2.44. The van der Waals surface area contributed by atoms with Crippen molar-refractivity contribution >= 4 is 17.7 Å². The van der Waals surface area contributed by atoms with E-state index in [-0.39, 0.29) is 12.0 Å². The average Bonchev–Trinajstić information content (AvgIpc) is 2.39. The van der Waals surface area contributed by atoms with Crippen molar-refractivity contribution in [2.24, 2.45) is 0 Å². The lowest BCUT2D eigenvalue weighted by Gasteiger charge is -2.31. The van der Waals surface area contributed by atoms with Crippen LogP contribution in [0, 0.1) is 0 Å². The van der Waals surface area contributed by atoms with Crippen LogP contribution in [0.4, 0.5) is 0 Å². The highest BCUT2D eigenvalue weighted by Crippen LogP contribution is 2.15. The summed E-state index contributed by atoms with van der Waals surface area (Å²) in [6.45, 7) is 4.02. The molecule has 1 saturated heterocycles. The Hall–Kier alpha value is -1.00. The SMILES string of the molecule is CSCc1cccc(C(=O)N2CCOC(C)C2)c1. The van der Waals surface area contributed by atoms with Crippen molar-refractivity contribution in [3.8, 4) is 0 Å². The van der Waals surface area contributed by atoms with Gasteiger partial charge in [-0.2, -0.15) is 11.8 Å². The summed E-state index contributed by atoms with van der Waals surface area (Å²) in [6, 6.07) is 7.92. The first kappa shape index (κ1) is 13.4. The van der Waals surface area contributed by atoms with Crippen LogP contribution in [0.25, 0.3) is 0 Å². The van der Waals surface area contributed by atoms with Crippen molar-refractivity contribution in [2.45, 2.75) is 18.8 Å². The molecule has 1 aliphatic heterocycles. The van der Waals surface area contributed by atoms with E-state index in [2.05, 4.69) is 12.3 Å². The predicted octanol–water partition coefficient (Wildman–Crippen LogP) is 2.41. The van der Waals surface area contributed by atoms with Gasteiger partial charge in [0, 0.05) is 24.4 Å². The maximum atomic E-state index is 12.4. The molecule has 18 heavy (non-hydrogen) atoms. The fourth-order valence-corrected chi connectivity index (χ4v) is 2.66. The minimum atomic E-state index is 0.119. The zero-order valence-corrected chi connectivity index (χ0v) is 11.7. The molecule has 0 aliphatic carbocycles. The molecule has 1 fully saturated rings. The van der Waals surface area contributed by atoms with E-state index in [0.717, 1.165) is 11.3 Å². The minimum Gasteiger partial charge on any atom is -0.375 e. The quantitative estimate of drug-likeness (QED) is 0.840. The Bertz CT molecular complexity index is 422. The Labute approximate surface area is 113 Å². The van der Waals surface area contributed by atoms with Gasteiger partial charge < -0.3 is 9.64 Å². The van der Waals surface area contributed by atoms with Crippen LogP contribution in [0.1, 0.15) is 22.8 Å². The first-order chi connectivity index (χ1) is 8.70. The number of thioether (sulfide) groups is 1. The zero-order chi connectivity index (χ0) is 13.0. The molecule has 2 rings (SSSR count). The van der Waals surface area contributed by atoms with Gasteiger partial charge in [0.05, 0.1) is 12.7 Å². The molecule has 0 spiro atoms. The number of benzene rings is 1.